The smallest absolute Gasteiger partial charge is 0.258 e. The first-order valence-corrected chi connectivity index (χ1v) is 11.0. The van der Waals surface area contributed by atoms with Gasteiger partial charge in [-0.2, -0.15) is 0 Å². The summed E-state index contributed by atoms with van der Waals surface area (Å²) < 4.78 is 7.19. The summed E-state index contributed by atoms with van der Waals surface area (Å²) in [5, 5.41) is 4.78. The molecule has 2 heterocycles. The molecule has 0 aliphatic heterocycles. The summed E-state index contributed by atoms with van der Waals surface area (Å²) in [7, 11) is 0. The molecule has 0 radical (unpaired) electrons. The lowest BCUT2D eigenvalue weighted by Gasteiger charge is -2.13. The molecule has 0 fully saturated rings. The molecule has 148 valence electrons. The predicted octanol–water partition coefficient (Wildman–Crippen LogP) is 3.23. The van der Waals surface area contributed by atoms with Gasteiger partial charge >= 0.3 is 0 Å². The summed E-state index contributed by atoms with van der Waals surface area (Å²) in [6.07, 6.45) is 1.87. The Labute approximate surface area is 172 Å². The SMILES string of the molecule is CC(C)OCc1ccccc1CNC(=O)CSCc1cc(=O)n2ccsc2n1. The number of nitrogens with zero attached hydrogens (tertiary/aromatic N) is 2. The highest BCUT2D eigenvalue weighted by atomic mass is 32.2. The monoisotopic (exact) mass is 417 g/mol. The van der Waals surface area contributed by atoms with Gasteiger partial charge < -0.3 is 10.1 Å². The molecule has 1 amide bonds. The van der Waals surface area contributed by atoms with Gasteiger partial charge in [0.25, 0.3) is 5.56 Å². The third kappa shape index (κ3) is 5.67. The first-order chi connectivity index (χ1) is 13.5. The van der Waals surface area contributed by atoms with Crippen molar-refractivity contribution < 1.29 is 9.53 Å². The topological polar surface area (TPSA) is 72.7 Å². The van der Waals surface area contributed by atoms with E-state index in [0.717, 1.165) is 11.1 Å². The van der Waals surface area contributed by atoms with Gasteiger partial charge in [0, 0.05) is 29.9 Å². The summed E-state index contributed by atoms with van der Waals surface area (Å²) >= 11 is 2.87. The number of benzene rings is 1. The zero-order valence-corrected chi connectivity index (χ0v) is 17.5. The highest BCUT2D eigenvalue weighted by Gasteiger charge is 2.08. The van der Waals surface area contributed by atoms with Gasteiger partial charge in [0.05, 0.1) is 24.2 Å². The molecular weight excluding hydrogens is 394 g/mol. The number of rotatable bonds is 9. The van der Waals surface area contributed by atoms with Crippen LogP contribution < -0.4 is 10.9 Å². The van der Waals surface area contributed by atoms with Crippen molar-refractivity contribution in [1.29, 1.82) is 0 Å². The number of aromatic nitrogens is 2. The number of thiazole rings is 1. The molecule has 3 rings (SSSR count). The maximum absolute atomic E-state index is 12.2. The lowest BCUT2D eigenvalue weighted by molar-refractivity contribution is -0.118. The number of carbonyl (C=O) groups excluding carboxylic acids is 1. The van der Waals surface area contributed by atoms with E-state index in [1.54, 1.807) is 6.20 Å². The third-order valence-electron chi connectivity index (χ3n) is 4.01. The molecule has 1 aromatic carbocycles. The molecule has 6 nitrogen and oxygen atoms in total. The van der Waals surface area contributed by atoms with Crippen molar-refractivity contribution >= 4 is 34.0 Å². The molecule has 3 aromatic rings. The van der Waals surface area contributed by atoms with Crippen molar-refractivity contribution in [2.75, 3.05) is 5.75 Å². The van der Waals surface area contributed by atoms with Crippen LogP contribution in [0.1, 0.15) is 30.7 Å². The summed E-state index contributed by atoms with van der Waals surface area (Å²) in [6, 6.07) is 9.47. The Morgan fingerprint density at radius 2 is 2.11 bits per heavy atom. The maximum atomic E-state index is 12.2. The molecule has 0 saturated carbocycles. The fourth-order valence-corrected chi connectivity index (χ4v) is 4.07. The second-order valence-corrected chi connectivity index (χ2v) is 8.40. The normalized spacial score (nSPS) is 11.2. The Kier molecular flexibility index (Phi) is 7.24. The van der Waals surface area contributed by atoms with Crippen LogP contribution in [0.3, 0.4) is 0 Å². The van der Waals surface area contributed by atoms with Gasteiger partial charge in [0.2, 0.25) is 5.91 Å². The molecule has 0 atom stereocenters. The van der Waals surface area contributed by atoms with Crippen LogP contribution in [-0.2, 0) is 28.4 Å². The predicted molar refractivity (Wildman–Crippen MR) is 114 cm³/mol. The van der Waals surface area contributed by atoms with Crippen LogP contribution in [0.25, 0.3) is 4.96 Å². The average molecular weight is 418 g/mol. The van der Waals surface area contributed by atoms with Crippen LogP contribution in [0.5, 0.6) is 0 Å². The van der Waals surface area contributed by atoms with E-state index >= 15 is 0 Å². The average Bonchev–Trinajstić information content (AvgIpc) is 3.14. The van der Waals surface area contributed by atoms with Crippen LogP contribution in [0.15, 0.2) is 46.7 Å². The van der Waals surface area contributed by atoms with E-state index in [9.17, 15) is 9.59 Å². The van der Waals surface area contributed by atoms with Crippen molar-refractivity contribution in [2.24, 2.45) is 0 Å². The van der Waals surface area contributed by atoms with Crippen LogP contribution in [0.2, 0.25) is 0 Å². The molecule has 1 N–H and O–H groups in total. The Hall–Kier alpha value is -2.16. The van der Waals surface area contributed by atoms with Gasteiger partial charge in [0.15, 0.2) is 4.96 Å². The Morgan fingerprint density at radius 1 is 1.32 bits per heavy atom. The number of ether oxygens (including phenoxy) is 1. The molecule has 0 aliphatic carbocycles. The summed E-state index contributed by atoms with van der Waals surface area (Å²) in [6.45, 7) is 5.00. The molecule has 8 heteroatoms. The fraction of sp³-hybridized carbons (Fsp3) is 0.350. The molecule has 0 unspecified atom stereocenters. The summed E-state index contributed by atoms with van der Waals surface area (Å²) in [5.74, 6) is 0.796. The number of fused-ring (bicyclic) bond motifs is 1. The van der Waals surface area contributed by atoms with E-state index in [0.29, 0.717) is 35.3 Å². The van der Waals surface area contributed by atoms with Crippen LogP contribution >= 0.6 is 23.1 Å². The van der Waals surface area contributed by atoms with Gasteiger partial charge in [-0.1, -0.05) is 24.3 Å². The molecule has 28 heavy (non-hydrogen) atoms. The summed E-state index contributed by atoms with van der Waals surface area (Å²) in [4.78, 5) is 29.3. The van der Waals surface area contributed by atoms with Gasteiger partial charge in [-0.15, -0.1) is 23.1 Å². The van der Waals surface area contributed by atoms with Crippen LogP contribution in [-0.4, -0.2) is 27.1 Å². The molecule has 0 bridgehead atoms. The number of carbonyl (C=O) groups is 1. The van der Waals surface area contributed by atoms with Crippen molar-refractivity contribution in [3.05, 3.63) is 69.1 Å². The van der Waals surface area contributed by atoms with Crippen LogP contribution in [0, 0.1) is 0 Å². The zero-order valence-electron chi connectivity index (χ0n) is 15.9. The van der Waals surface area contributed by atoms with Crippen molar-refractivity contribution in [3.8, 4) is 0 Å². The standard InChI is InChI=1S/C20H23N3O3S2/c1-14(2)26-11-16-6-4-3-5-15(16)10-21-18(24)13-27-12-17-9-19(25)23-7-8-28-20(23)22-17/h3-9,14H,10-13H2,1-2H3,(H,21,24). The van der Waals surface area contributed by atoms with Gasteiger partial charge in [-0.05, 0) is 25.0 Å². The lowest BCUT2D eigenvalue weighted by Crippen LogP contribution is -2.25. The Morgan fingerprint density at radius 3 is 2.89 bits per heavy atom. The minimum absolute atomic E-state index is 0.0431. The number of amides is 1. The first-order valence-electron chi connectivity index (χ1n) is 9.01. The number of hydrogen-bond acceptors (Lipinski definition) is 6. The van der Waals surface area contributed by atoms with E-state index in [1.165, 1.54) is 33.6 Å². The minimum Gasteiger partial charge on any atom is -0.374 e. The number of hydrogen-bond donors (Lipinski definition) is 1. The first kappa shape index (κ1) is 20.6. The molecular formula is C20H23N3O3S2. The second kappa shape index (κ2) is 9.86. The Balaban J connectivity index is 1.47. The maximum Gasteiger partial charge on any atom is 0.258 e. The van der Waals surface area contributed by atoms with Crippen molar-refractivity contribution in [3.63, 3.8) is 0 Å². The number of nitrogens with one attached hydrogen (secondary N) is 1. The Bertz CT molecular complexity index is 998. The highest BCUT2D eigenvalue weighted by molar-refractivity contribution is 7.99. The highest BCUT2D eigenvalue weighted by Crippen LogP contribution is 2.13. The fourth-order valence-electron chi connectivity index (χ4n) is 2.58. The van der Waals surface area contributed by atoms with Gasteiger partial charge in [0.1, 0.15) is 0 Å². The van der Waals surface area contributed by atoms with Gasteiger partial charge in [-0.25, -0.2) is 4.98 Å². The zero-order chi connectivity index (χ0) is 19.9. The largest absolute Gasteiger partial charge is 0.374 e. The lowest BCUT2D eigenvalue weighted by atomic mass is 10.1. The van der Waals surface area contributed by atoms with E-state index in [-0.39, 0.29) is 17.6 Å². The number of thioether (sulfide) groups is 1. The van der Waals surface area contributed by atoms with E-state index < -0.39 is 0 Å². The van der Waals surface area contributed by atoms with Crippen molar-refractivity contribution in [2.45, 2.75) is 38.9 Å². The van der Waals surface area contributed by atoms with Crippen molar-refractivity contribution in [1.82, 2.24) is 14.7 Å². The molecule has 2 aromatic heterocycles. The third-order valence-corrected chi connectivity index (χ3v) is 5.73. The van der Waals surface area contributed by atoms with E-state index in [2.05, 4.69) is 10.3 Å². The molecule has 0 spiro atoms. The van der Waals surface area contributed by atoms with Crippen LogP contribution in [0.4, 0.5) is 0 Å². The second-order valence-electron chi connectivity index (χ2n) is 6.54. The molecule has 0 saturated heterocycles. The van der Waals surface area contributed by atoms with E-state index in [1.807, 2.05) is 43.5 Å². The minimum atomic E-state index is -0.0912. The van der Waals surface area contributed by atoms with E-state index in [4.69, 9.17) is 4.74 Å². The van der Waals surface area contributed by atoms with Gasteiger partial charge in [-0.3, -0.25) is 14.0 Å². The molecule has 0 aliphatic rings. The summed E-state index contributed by atoms with van der Waals surface area (Å²) in [5.41, 5.74) is 2.74. The quantitative estimate of drug-likeness (QED) is 0.579.